The molecule has 0 bridgehead atoms. The summed E-state index contributed by atoms with van der Waals surface area (Å²) in [6.45, 7) is 2.24. The molecule has 0 saturated carbocycles. The molecule has 0 spiro atoms. The van der Waals surface area contributed by atoms with Gasteiger partial charge in [0.05, 0.1) is 16.9 Å². The molecule has 1 aliphatic rings. The van der Waals surface area contributed by atoms with Crippen LogP contribution >= 0.6 is 0 Å². The molecule has 0 aliphatic heterocycles. The molecule has 0 N–H and O–H groups in total. The Morgan fingerprint density at radius 3 is 1.63 bits per heavy atom. The van der Waals surface area contributed by atoms with Crippen molar-refractivity contribution in [2.45, 2.75) is 18.8 Å². The summed E-state index contributed by atoms with van der Waals surface area (Å²) in [6, 6.07) is 65.8. The van der Waals surface area contributed by atoms with Crippen LogP contribution in [0.15, 0.2) is 211 Å². The highest BCUT2D eigenvalue weighted by Gasteiger charge is 2.33. The van der Waals surface area contributed by atoms with Gasteiger partial charge in [0.15, 0.2) is 5.58 Å². The molecule has 4 heteroatoms. The minimum absolute atomic E-state index is 0.552. The second-order valence-electron chi connectivity index (χ2n) is 15.8. The molecule has 1 aliphatic carbocycles. The van der Waals surface area contributed by atoms with Gasteiger partial charge in [-0.15, -0.1) is 0 Å². The summed E-state index contributed by atoms with van der Waals surface area (Å²) in [5.74, 6) is 0.754. The van der Waals surface area contributed by atoms with Crippen LogP contribution in [0.1, 0.15) is 24.9 Å². The van der Waals surface area contributed by atoms with Gasteiger partial charge in [0.25, 0.3) is 0 Å². The molecule has 0 amide bonds. The van der Waals surface area contributed by atoms with Crippen LogP contribution in [0.4, 0.5) is 0 Å². The van der Waals surface area contributed by atoms with Gasteiger partial charge in [-0.1, -0.05) is 188 Å². The fraction of sp³-hybridized carbons (Fsp3) is 0.0536. The highest BCUT2D eigenvalue weighted by Crippen LogP contribution is 2.45. The van der Waals surface area contributed by atoms with E-state index in [0.29, 0.717) is 6.42 Å². The monoisotopic (exact) mass is 769 g/mol. The summed E-state index contributed by atoms with van der Waals surface area (Å²) in [4.78, 5) is 16.2. The number of nitrogens with zero attached hydrogens (tertiary/aromatic N) is 3. The van der Waals surface area contributed by atoms with E-state index in [-0.39, 0.29) is 0 Å². The molecule has 0 fully saturated rings. The summed E-state index contributed by atoms with van der Waals surface area (Å²) in [5.41, 5.74) is 14.8. The Hall–Kier alpha value is -7.69. The molecule has 1 unspecified atom stereocenters. The zero-order valence-corrected chi connectivity index (χ0v) is 33.1. The van der Waals surface area contributed by atoms with E-state index in [0.717, 1.165) is 94.7 Å². The van der Waals surface area contributed by atoms with E-state index in [1.807, 2.05) is 18.2 Å². The number of hydrogen-bond donors (Lipinski definition) is 0. The number of pyridine rings is 1. The minimum Gasteiger partial charge on any atom is -0.454 e. The molecule has 0 radical (unpaired) electrons. The van der Waals surface area contributed by atoms with E-state index >= 15 is 0 Å². The Balaban J connectivity index is 1.04. The fourth-order valence-electron chi connectivity index (χ4n) is 8.74. The van der Waals surface area contributed by atoms with E-state index in [4.69, 9.17) is 19.4 Å². The van der Waals surface area contributed by atoms with Crippen LogP contribution in [0.25, 0.3) is 94.3 Å². The van der Waals surface area contributed by atoms with Crippen molar-refractivity contribution in [3.63, 3.8) is 0 Å². The van der Waals surface area contributed by atoms with Crippen LogP contribution in [-0.4, -0.2) is 15.0 Å². The lowest BCUT2D eigenvalue weighted by Gasteiger charge is -2.29. The maximum atomic E-state index is 6.79. The number of aromatic nitrogens is 3. The number of benzene rings is 7. The topological polar surface area (TPSA) is 51.8 Å². The SMILES string of the molecule is CC1(c2nc(-c3ccc(-c4ccccc4)cc3)cc(-c3ccc(-c4ccccc4)cc3)n2)C=CC=C(c2nc3cccc(-c4ccccc4)c3c3c2oc2ccccc23)C1. The highest BCUT2D eigenvalue weighted by molar-refractivity contribution is 6.23. The predicted molar refractivity (Wildman–Crippen MR) is 247 cm³/mol. The number of hydrogen-bond acceptors (Lipinski definition) is 4. The molecule has 60 heavy (non-hydrogen) atoms. The van der Waals surface area contributed by atoms with Gasteiger partial charge in [-0.2, -0.15) is 0 Å². The van der Waals surface area contributed by atoms with Gasteiger partial charge in [0.2, 0.25) is 0 Å². The molecule has 1 atom stereocenters. The normalized spacial score (nSPS) is 15.1. The Bertz CT molecular complexity index is 3160. The van der Waals surface area contributed by atoms with E-state index in [9.17, 15) is 0 Å². The molecule has 3 aromatic heterocycles. The smallest absolute Gasteiger partial charge is 0.162 e. The van der Waals surface area contributed by atoms with E-state index in [2.05, 4.69) is 195 Å². The minimum atomic E-state index is -0.552. The quantitative estimate of drug-likeness (QED) is 0.162. The van der Waals surface area contributed by atoms with E-state index in [1.165, 1.54) is 11.1 Å². The van der Waals surface area contributed by atoms with Crippen molar-refractivity contribution in [1.82, 2.24) is 15.0 Å². The predicted octanol–water partition coefficient (Wildman–Crippen LogP) is 14.6. The molecule has 0 saturated heterocycles. The van der Waals surface area contributed by atoms with Gasteiger partial charge in [-0.25, -0.2) is 15.0 Å². The molecule has 7 aromatic carbocycles. The van der Waals surface area contributed by atoms with Gasteiger partial charge in [0.1, 0.15) is 17.1 Å². The third kappa shape index (κ3) is 6.30. The number of fused-ring (bicyclic) bond motifs is 5. The highest BCUT2D eigenvalue weighted by atomic mass is 16.3. The maximum Gasteiger partial charge on any atom is 0.162 e. The molecule has 10 aromatic rings. The van der Waals surface area contributed by atoms with Crippen LogP contribution in [0.2, 0.25) is 0 Å². The average Bonchev–Trinajstić information content (AvgIpc) is 3.72. The molecule has 284 valence electrons. The van der Waals surface area contributed by atoms with Crippen LogP contribution in [0, 0.1) is 0 Å². The van der Waals surface area contributed by atoms with Gasteiger partial charge >= 0.3 is 0 Å². The Morgan fingerprint density at radius 2 is 1.02 bits per heavy atom. The zero-order valence-electron chi connectivity index (χ0n) is 33.1. The van der Waals surface area contributed by atoms with Crippen molar-refractivity contribution < 1.29 is 4.42 Å². The summed E-state index contributed by atoms with van der Waals surface area (Å²) in [5, 5.41) is 3.26. The number of furan rings is 1. The largest absolute Gasteiger partial charge is 0.454 e. The van der Waals surface area contributed by atoms with Gasteiger partial charge < -0.3 is 4.42 Å². The van der Waals surface area contributed by atoms with Crippen LogP contribution in [0.5, 0.6) is 0 Å². The van der Waals surface area contributed by atoms with Crippen molar-refractivity contribution in [3.8, 4) is 55.9 Å². The van der Waals surface area contributed by atoms with Crippen molar-refractivity contribution >= 4 is 38.4 Å². The standard InChI is InChI=1S/C56H39N3O/c1-56(34-14-21-44(36-56)53-54-52(46-22-11-12-25-50(46)60-54)51-45(23-13-24-47(51)57-53)41-19-9-4-10-20-41)55-58-48(42-30-26-39(27-31-42)37-15-5-2-6-16-37)35-49(59-55)43-32-28-40(29-33-43)38-17-7-3-8-18-38/h2-35H,36H2,1H3. The van der Waals surface area contributed by atoms with Crippen LogP contribution < -0.4 is 0 Å². The lowest BCUT2D eigenvalue weighted by Crippen LogP contribution is -2.25. The number of para-hydroxylation sites is 1. The molecule has 4 nitrogen and oxygen atoms in total. The maximum absolute atomic E-state index is 6.79. The number of rotatable bonds is 7. The summed E-state index contributed by atoms with van der Waals surface area (Å²) < 4.78 is 6.79. The third-order valence-corrected chi connectivity index (χ3v) is 11.9. The Kier molecular flexibility index (Phi) is 8.63. The second-order valence-corrected chi connectivity index (χ2v) is 15.8. The van der Waals surface area contributed by atoms with Crippen molar-refractivity contribution in [2.75, 3.05) is 0 Å². The fourth-order valence-corrected chi connectivity index (χ4v) is 8.74. The lowest BCUT2D eigenvalue weighted by atomic mass is 9.78. The second kappa shape index (κ2) is 14.6. The van der Waals surface area contributed by atoms with Crippen LogP contribution in [0.3, 0.4) is 0 Å². The third-order valence-electron chi connectivity index (χ3n) is 11.9. The van der Waals surface area contributed by atoms with Crippen molar-refractivity contribution in [2.24, 2.45) is 0 Å². The summed E-state index contributed by atoms with van der Waals surface area (Å²) in [7, 11) is 0. The molecular weight excluding hydrogens is 731 g/mol. The summed E-state index contributed by atoms with van der Waals surface area (Å²) in [6.07, 6.45) is 7.19. The first-order valence-corrected chi connectivity index (χ1v) is 20.5. The summed E-state index contributed by atoms with van der Waals surface area (Å²) >= 11 is 0. The first-order valence-electron chi connectivity index (χ1n) is 20.5. The molecule has 11 rings (SSSR count). The Morgan fingerprint density at radius 1 is 0.483 bits per heavy atom. The average molecular weight is 770 g/mol. The lowest BCUT2D eigenvalue weighted by molar-refractivity contribution is 0.564. The van der Waals surface area contributed by atoms with Gasteiger partial charge in [0, 0.05) is 32.7 Å². The van der Waals surface area contributed by atoms with Gasteiger partial charge in [-0.3, -0.25) is 0 Å². The van der Waals surface area contributed by atoms with Crippen molar-refractivity contribution in [1.29, 1.82) is 0 Å². The number of allylic oxidation sites excluding steroid dienone is 4. The van der Waals surface area contributed by atoms with Crippen LogP contribution in [-0.2, 0) is 5.41 Å². The zero-order chi connectivity index (χ0) is 40.0. The van der Waals surface area contributed by atoms with E-state index < -0.39 is 5.41 Å². The van der Waals surface area contributed by atoms with Crippen molar-refractivity contribution in [3.05, 3.63) is 218 Å². The Labute approximate surface area is 348 Å². The molecular formula is C56H39N3O. The first kappa shape index (κ1) is 35.5. The first-order chi connectivity index (χ1) is 29.6. The molecule has 3 heterocycles. The van der Waals surface area contributed by atoms with Gasteiger partial charge in [-0.05, 0) is 70.5 Å². The van der Waals surface area contributed by atoms with E-state index in [1.54, 1.807) is 0 Å².